The Morgan fingerprint density at radius 2 is 2.09 bits per heavy atom. The standard InChI is InChI=1S/C16H29N3O2S/c1-11(18-15(20)21-16(3,4)5)13(10-17)19(6)12(2)14-8-7-9-22-14/h7-9,11-13H,10,17H2,1-6H3,(H,18,20). The van der Waals surface area contributed by atoms with Gasteiger partial charge in [-0.3, -0.25) is 4.90 Å². The molecule has 1 heterocycles. The summed E-state index contributed by atoms with van der Waals surface area (Å²) in [5.74, 6) is 0. The minimum Gasteiger partial charge on any atom is -0.444 e. The minimum absolute atomic E-state index is 0.0321. The molecule has 1 aromatic heterocycles. The van der Waals surface area contributed by atoms with E-state index in [1.54, 1.807) is 11.3 Å². The lowest BCUT2D eigenvalue weighted by Gasteiger charge is -2.36. The fourth-order valence-electron chi connectivity index (χ4n) is 2.33. The first-order valence-electron chi connectivity index (χ1n) is 7.60. The van der Waals surface area contributed by atoms with Gasteiger partial charge in [-0.2, -0.15) is 0 Å². The number of ether oxygens (including phenoxy) is 1. The lowest BCUT2D eigenvalue weighted by Crippen LogP contribution is -2.53. The number of likely N-dealkylation sites (N-methyl/N-ethyl adjacent to an activating group) is 1. The Balaban J connectivity index is 2.67. The van der Waals surface area contributed by atoms with Crippen LogP contribution in [0.1, 0.15) is 45.5 Å². The van der Waals surface area contributed by atoms with Crippen molar-refractivity contribution >= 4 is 17.4 Å². The Bertz CT molecular complexity index is 456. The average molecular weight is 327 g/mol. The average Bonchev–Trinajstić information content (AvgIpc) is 2.89. The molecular weight excluding hydrogens is 298 g/mol. The molecule has 126 valence electrons. The van der Waals surface area contributed by atoms with Crippen molar-refractivity contribution in [2.24, 2.45) is 5.73 Å². The van der Waals surface area contributed by atoms with Crippen molar-refractivity contribution in [2.45, 2.75) is 58.3 Å². The number of nitrogens with zero attached hydrogens (tertiary/aromatic N) is 1. The van der Waals surface area contributed by atoms with Crippen LogP contribution in [0.5, 0.6) is 0 Å². The van der Waals surface area contributed by atoms with E-state index in [2.05, 4.69) is 28.6 Å². The Morgan fingerprint density at radius 3 is 2.55 bits per heavy atom. The molecule has 0 bridgehead atoms. The van der Waals surface area contributed by atoms with Gasteiger partial charge in [0, 0.05) is 29.5 Å². The van der Waals surface area contributed by atoms with E-state index < -0.39 is 11.7 Å². The molecule has 3 atom stereocenters. The van der Waals surface area contributed by atoms with Crippen molar-refractivity contribution in [3.05, 3.63) is 22.4 Å². The highest BCUT2D eigenvalue weighted by Crippen LogP contribution is 2.25. The molecular formula is C16H29N3O2S. The molecule has 5 nitrogen and oxygen atoms in total. The molecule has 0 radical (unpaired) electrons. The number of carbonyl (C=O) groups is 1. The van der Waals surface area contributed by atoms with Gasteiger partial charge in [0.15, 0.2) is 0 Å². The highest BCUT2D eigenvalue weighted by Gasteiger charge is 2.27. The van der Waals surface area contributed by atoms with Crippen LogP contribution in [0, 0.1) is 0 Å². The highest BCUT2D eigenvalue weighted by molar-refractivity contribution is 7.10. The number of hydrogen-bond donors (Lipinski definition) is 2. The molecule has 0 aliphatic rings. The van der Waals surface area contributed by atoms with Crippen molar-refractivity contribution < 1.29 is 9.53 Å². The predicted molar refractivity (Wildman–Crippen MR) is 92.2 cm³/mol. The van der Waals surface area contributed by atoms with Crippen molar-refractivity contribution in [3.8, 4) is 0 Å². The number of hydrogen-bond acceptors (Lipinski definition) is 5. The normalized spacial score (nSPS) is 16.2. The maximum Gasteiger partial charge on any atom is 0.407 e. The summed E-state index contributed by atoms with van der Waals surface area (Å²) in [6, 6.07) is 4.34. The SMILES string of the molecule is CC(NC(=O)OC(C)(C)C)C(CN)N(C)C(C)c1cccs1. The van der Waals surface area contributed by atoms with E-state index in [0.29, 0.717) is 6.54 Å². The van der Waals surface area contributed by atoms with Crippen LogP contribution in [0.15, 0.2) is 17.5 Å². The van der Waals surface area contributed by atoms with E-state index in [-0.39, 0.29) is 18.1 Å². The monoisotopic (exact) mass is 327 g/mol. The summed E-state index contributed by atoms with van der Waals surface area (Å²) in [5, 5.41) is 4.96. The molecule has 1 rings (SSSR count). The summed E-state index contributed by atoms with van der Waals surface area (Å²) < 4.78 is 5.31. The van der Waals surface area contributed by atoms with Crippen molar-refractivity contribution in [1.82, 2.24) is 10.2 Å². The molecule has 1 aromatic rings. The van der Waals surface area contributed by atoms with Gasteiger partial charge >= 0.3 is 6.09 Å². The Hall–Kier alpha value is -1.11. The van der Waals surface area contributed by atoms with E-state index in [4.69, 9.17) is 10.5 Å². The number of nitrogens with one attached hydrogen (secondary N) is 1. The summed E-state index contributed by atoms with van der Waals surface area (Å²) in [6.07, 6.45) is -0.407. The Labute approximate surface area is 137 Å². The predicted octanol–water partition coefficient (Wildman–Crippen LogP) is 2.98. The molecule has 0 saturated carbocycles. The minimum atomic E-state index is -0.502. The molecule has 0 saturated heterocycles. The summed E-state index contributed by atoms with van der Waals surface area (Å²) in [5.41, 5.74) is 5.44. The van der Waals surface area contributed by atoms with Crippen LogP contribution in [0.4, 0.5) is 4.79 Å². The maximum atomic E-state index is 11.9. The molecule has 22 heavy (non-hydrogen) atoms. The molecule has 0 aromatic carbocycles. The topological polar surface area (TPSA) is 67.6 Å². The number of amides is 1. The number of thiophene rings is 1. The molecule has 3 N–H and O–H groups in total. The molecule has 6 heteroatoms. The first-order chi connectivity index (χ1) is 10.2. The van der Waals surface area contributed by atoms with Crippen molar-refractivity contribution in [1.29, 1.82) is 0 Å². The second-order valence-corrected chi connectivity index (χ2v) is 7.57. The zero-order chi connectivity index (χ0) is 16.9. The molecule has 0 aliphatic carbocycles. The van der Waals surface area contributed by atoms with Gasteiger partial charge in [-0.25, -0.2) is 4.79 Å². The van der Waals surface area contributed by atoms with Gasteiger partial charge in [-0.15, -0.1) is 11.3 Å². The smallest absolute Gasteiger partial charge is 0.407 e. The molecule has 0 aliphatic heterocycles. The third kappa shape index (κ3) is 5.59. The summed E-state index contributed by atoms with van der Waals surface area (Å²) in [4.78, 5) is 15.4. The second-order valence-electron chi connectivity index (χ2n) is 6.59. The third-order valence-corrected chi connectivity index (χ3v) is 4.69. The van der Waals surface area contributed by atoms with Gasteiger partial charge in [-0.05, 0) is 53.1 Å². The van der Waals surface area contributed by atoms with E-state index in [9.17, 15) is 4.79 Å². The zero-order valence-electron chi connectivity index (χ0n) is 14.4. The van der Waals surface area contributed by atoms with Crippen LogP contribution in [-0.4, -0.2) is 42.3 Å². The fourth-order valence-corrected chi connectivity index (χ4v) is 3.16. The van der Waals surface area contributed by atoms with Crippen LogP contribution < -0.4 is 11.1 Å². The van der Waals surface area contributed by atoms with Gasteiger partial charge < -0.3 is 15.8 Å². The van der Waals surface area contributed by atoms with Gasteiger partial charge in [0.1, 0.15) is 5.60 Å². The van der Waals surface area contributed by atoms with E-state index in [0.717, 1.165) is 0 Å². The number of rotatable bonds is 6. The largest absolute Gasteiger partial charge is 0.444 e. The molecule has 0 spiro atoms. The number of alkyl carbamates (subject to hydrolysis) is 1. The van der Waals surface area contributed by atoms with Crippen LogP contribution in [0.3, 0.4) is 0 Å². The Morgan fingerprint density at radius 1 is 1.45 bits per heavy atom. The highest BCUT2D eigenvalue weighted by atomic mass is 32.1. The van der Waals surface area contributed by atoms with Gasteiger partial charge in [0.25, 0.3) is 0 Å². The van der Waals surface area contributed by atoms with Crippen LogP contribution in [0.2, 0.25) is 0 Å². The van der Waals surface area contributed by atoms with E-state index in [1.807, 2.05) is 40.8 Å². The first-order valence-corrected chi connectivity index (χ1v) is 8.48. The number of carbonyl (C=O) groups excluding carboxylic acids is 1. The summed E-state index contributed by atoms with van der Waals surface area (Å²) >= 11 is 1.73. The number of nitrogens with two attached hydrogens (primary N) is 1. The molecule has 1 amide bonds. The van der Waals surface area contributed by atoms with E-state index in [1.165, 1.54) is 4.88 Å². The van der Waals surface area contributed by atoms with Crippen LogP contribution in [0.25, 0.3) is 0 Å². The first kappa shape index (κ1) is 18.9. The van der Waals surface area contributed by atoms with Gasteiger partial charge in [0.05, 0.1) is 0 Å². The lowest BCUT2D eigenvalue weighted by atomic mass is 10.1. The van der Waals surface area contributed by atoms with Crippen LogP contribution in [-0.2, 0) is 4.74 Å². The van der Waals surface area contributed by atoms with E-state index >= 15 is 0 Å². The van der Waals surface area contributed by atoms with Crippen LogP contribution >= 0.6 is 11.3 Å². The lowest BCUT2D eigenvalue weighted by molar-refractivity contribution is 0.0467. The summed E-state index contributed by atoms with van der Waals surface area (Å²) in [7, 11) is 2.04. The third-order valence-electron chi connectivity index (χ3n) is 3.65. The second kappa shape index (κ2) is 7.94. The Kier molecular flexibility index (Phi) is 6.84. The fraction of sp³-hybridized carbons (Fsp3) is 0.688. The van der Waals surface area contributed by atoms with Crippen molar-refractivity contribution in [3.63, 3.8) is 0 Å². The van der Waals surface area contributed by atoms with Crippen molar-refractivity contribution in [2.75, 3.05) is 13.6 Å². The summed E-state index contributed by atoms with van der Waals surface area (Å²) in [6.45, 7) is 10.1. The van der Waals surface area contributed by atoms with Gasteiger partial charge in [-0.1, -0.05) is 6.07 Å². The van der Waals surface area contributed by atoms with Gasteiger partial charge in [0.2, 0.25) is 0 Å². The maximum absolute atomic E-state index is 11.9. The zero-order valence-corrected chi connectivity index (χ0v) is 15.2. The molecule has 3 unspecified atom stereocenters. The molecule has 0 fully saturated rings. The quantitative estimate of drug-likeness (QED) is 0.843.